The lowest BCUT2D eigenvalue weighted by Crippen LogP contribution is -2.34. The van der Waals surface area contributed by atoms with Crippen LogP contribution in [0, 0.1) is 0 Å². The van der Waals surface area contributed by atoms with Gasteiger partial charge in [0.15, 0.2) is 5.78 Å². The van der Waals surface area contributed by atoms with E-state index in [0.717, 1.165) is 13.1 Å². The van der Waals surface area contributed by atoms with Crippen LogP contribution >= 0.6 is 0 Å². The van der Waals surface area contributed by atoms with E-state index in [0.29, 0.717) is 17.8 Å². The van der Waals surface area contributed by atoms with Crippen molar-refractivity contribution in [3.05, 3.63) is 29.8 Å². The van der Waals surface area contributed by atoms with Gasteiger partial charge in [-0.3, -0.25) is 9.69 Å². The average molecular weight is 218 g/mol. The van der Waals surface area contributed by atoms with Gasteiger partial charge in [-0.05, 0) is 38.1 Å². The molecule has 2 rings (SSSR count). The predicted octanol–water partition coefficient (Wildman–Crippen LogP) is 1.94. The molecule has 1 fully saturated rings. The normalized spacial score (nSPS) is 17.2. The quantitative estimate of drug-likeness (QED) is 0.623. The largest absolute Gasteiger partial charge is 0.398 e. The topological polar surface area (TPSA) is 46.3 Å². The number of Topliss-reactive ketones (excluding diaryl/α,β-unsaturated/α-hetero) is 1. The van der Waals surface area contributed by atoms with E-state index < -0.39 is 0 Å². The first-order chi connectivity index (χ1) is 7.77. The van der Waals surface area contributed by atoms with Gasteiger partial charge in [0.1, 0.15) is 0 Å². The number of hydrogen-bond donors (Lipinski definition) is 1. The Balaban J connectivity index is 2.00. The van der Waals surface area contributed by atoms with Crippen LogP contribution in [0.5, 0.6) is 0 Å². The van der Waals surface area contributed by atoms with Gasteiger partial charge in [0, 0.05) is 11.3 Å². The molecule has 86 valence electrons. The number of rotatable bonds is 3. The molecule has 1 aliphatic rings. The van der Waals surface area contributed by atoms with Crippen molar-refractivity contribution in [2.24, 2.45) is 0 Å². The Bertz CT molecular complexity index is 370. The maximum absolute atomic E-state index is 12.0. The molecule has 2 N–H and O–H groups in total. The third-order valence-electron chi connectivity index (χ3n) is 3.08. The number of nitrogens with zero attached hydrogens (tertiary/aromatic N) is 1. The second-order valence-electron chi connectivity index (χ2n) is 4.35. The van der Waals surface area contributed by atoms with E-state index in [1.165, 1.54) is 19.3 Å². The summed E-state index contributed by atoms with van der Waals surface area (Å²) < 4.78 is 0. The zero-order valence-electron chi connectivity index (χ0n) is 9.48. The molecule has 0 atom stereocenters. The van der Waals surface area contributed by atoms with Gasteiger partial charge in [0.25, 0.3) is 0 Å². The molecule has 3 heteroatoms. The summed E-state index contributed by atoms with van der Waals surface area (Å²) in [6.07, 6.45) is 3.70. The van der Waals surface area contributed by atoms with Crippen molar-refractivity contribution >= 4 is 11.5 Å². The van der Waals surface area contributed by atoms with E-state index in [-0.39, 0.29) is 5.78 Å². The first-order valence-corrected chi connectivity index (χ1v) is 5.87. The SMILES string of the molecule is Nc1ccccc1C(=O)CN1CCCCC1. The number of benzene rings is 1. The number of anilines is 1. The second kappa shape index (κ2) is 5.12. The highest BCUT2D eigenvalue weighted by atomic mass is 16.1. The summed E-state index contributed by atoms with van der Waals surface area (Å²) in [6, 6.07) is 7.30. The first kappa shape index (κ1) is 11.1. The average Bonchev–Trinajstić information content (AvgIpc) is 2.31. The smallest absolute Gasteiger partial charge is 0.178 e. The minimum atomic E-state index is 0.139. The fraction of sp³-hybridized carbons (Fsp3) is 0.462. The molecule has 0 aliphatic carbocycles. The van der Waals surface area contributed by atoms with Crippen LogP contribution in [0.2, 0.25) is 0 Å². The molecule has 1 aromatic rings. The van der Waals surface area contributed by atoms with Gasteiger partial charge < -0.3 is 5.73 Å². The maximum atomic E-state index is 12.0. The summed E-state index contributed by atoms with van der Waals surface area (Å²) in [6.45, 7) is 2.59. The van der Waals surface area contributed by atoms with Crippen molar-refractivity contribution < 1.29 is 4.79 Å². The highest BCUT2D eigenvalue weighted by molar-refractivity contribution is 6.02. The van der Waals surface area contributed by atoms with E-state index in [1.54, 1.807) is 6.07 Å². The summed E-state index contributed by atoms with van der Waals surface area (Å²) >= 11 is 0. The van der Waals surface area contributed by atoms with Crippen molar-refractivity contribution in [2.75, 3.05) is 25.4 Å². The molecule has 0 unspecified atom stereocenters. The van der Waals surface area contributed by atoms with Gasteiger partial charge in [-0.15, -0.1) is 0 Å². The minimum Gasteiger partial charge on any atom is -0.398 e. The van der Waals surface area contributed by atoms with Crippen molar-refractivity contribution in [3.63, 3.8) is 0 Å². The molecule has 1 aliphatic heterocycles. The van der Waals surface area contributed by atoms with Gasteiger partial charge in [-0.25, -0.2) is 0 Å². The Morgan fingerprint density at radius 2 is 1.88 bits per heavy atom. The van der Waals surface area contributed by atoms with Crippen LogP contribution in [0.1, 0.15) is 29.6 Å². The van der Waals surface area contributed by atoms with Crippen molar-refractivity contribution in [3.8, 4) is 0 Å². The molecule has 0 amide bonds. The Morgan fingerprint density at radius 1 is 1.19 bits per heavy atom. The fourth-order valence-electron chi connectivity index (χ4n) is 2.16. The number of nitrogens with two attached hydrogens (primary N) is 1. The van der Waals surface area contributed by atoms with Gasteiger partial charge in [0.2, 0.25) is 0 Å². The predicted molar refractivity (Wildman–Crippen MR) is 65.5 cm³/mol. The molecule has 0 radical (unpaired) electrons. The van der Waals surface area contributed by atoms with Crippen molar-refractivity contribution in [1.29, 1.82) is 0 Å². The monoisotopic (exact) mass is 218 g/mol. The van der Waals surface area contributed by atoms with E-state index >= 15 is 0 Å². The number of ketones is 1. The third-order valence-corrected chi connectivity index (χ3v) is 3.08. The van der Waals surface area contributed by atoms with Crippen molar-refractivity contribution in [2.45, 2.75) is 19.3 Å². The van der Waals surface area contributed by atoms with E-state index in [2.05, 4.69) is 4.90 Å². The van der Waals surface area contributed by atoms with E-state index in [9.17, 15) is 4.79 Å². The lowest BCUT2D eigenvalue weighted by atomic mass is 10.1. The van der Waals surface area contributed by atoms with Crippen molar-refractivity contribution in [1.82, 2.24) is 4.90 Å². The van der Waals surface area contributed by atoms with Gasteiger partial charge >= 0.3 is 0 Å². The van der Waals surface area contributed by atoms with Gasteiger partial charge in [-0.2, -0.15) is 0 Å². The van der Waals surface area contributed by atoms with Crippen LogP contribution in [0.25, 0.3) is 0 Å². The molecule has 0 saturated carbocycles. The third kappa shape index (κ3) is 2.61. The summed E-state index contributed by atoms with van der Waals surface area (Å²) in [5, 5.41) is 0. The van der Waals surface area contributed by atoms with Gasteiger partial charge in [0.05, 0.1) is 6.54 Å². The Morgan fingerprint density at radius 3 is 2.56 bits per heavy atom. The number of carbonyl (C=O) groups excluding carboxylic acids is 1. The Hall–Kier alpha value is -1.35. The zero-order valence-corrected chi connectivity index (χ0v) is 9.48. The summed E-state index contributed by atoms with van der Waals surface area (Å²) in [4.78, 5) is 14.2. The summed E-state index contributed by atoms with van der Waals surface area (Å²) in [5.74, 6) is 0.139. The molecular formula is C13H18N2O. The molecule has 16 heavy (non-hydrogen) atoms. The van der Waals surface area contributed by atoms with Crippen LogP contribution in [0.15, 0.2) is 24.3 Å². The molecule has 1 heterocycles. The number of piperidine rings is 1. The number of hydrogen-bond acceptors (Lipinski definition) is 3. The van der Waals surface area contributed by atoms with Crippen LogP contribution in [0.4, 0.5) is 5.69 Å². The van der Waals surface area contributed by atoms with E-state index in [1.807, 2.05) is 18.2 Å². The maximum Gasteiger partial charge on any atom is 0.178 e. The van der Waals surface area contributed by atoms with Crippen LogP contribution in [-0.4, -0.2) is 30.3 Å². The zero-order chi connectivity index (χ0) is 11.4. The van der Waals surface area contributed by atoms with Crippen LogP contribution in [0.3, 0.4) is 0 Å². The number of carbonyl (C=O) groups is 1. The lowest BCUT2D eigenvalue weighted by Gasteiger charge is -2.25. The highest BCUT2D eigenvalue weighted by Gasteiger charge is 2.16. The molecule has 0 aromatic heterocycles. The molecule has 1 saturated heterocycles. The fourth-order valence-corrected chi connectivity index (χ4v) is 2.16. The number of para-hydroxylation sites is 1. The standard InChI is InChI=1S/C13H18N2O/c14-12-7-3-2-6-11(12)13(16)10-15-8-4-1-5-9-15/h2-3,6-7H,1,4-5,8-10,14H2. The van der Waals surface area contributed by atoms with E-state index in [4.69, 9.17) is 5.73 Å². The Labute approximate surface area is 96.2 Å². The summed E-state index contributed by atoms with van der Waals surface area (Å²) in [5.41, 5.74) is 7.03. The molecule has 0 spiro atoms. The van der Waals surface area contributed by atoms with Crippen LogP contribution in [-0.2, 0) is 0 Å². The molecule has 0 bridgehead atoms. The lowest BCUT2D eigenvalue weighted by molar-refractivity contribution is 0.0916. The Kier molecular flexibility index (Phi) is 3.57. The second-order valence-corrected chi connectivity index (χ2v) is 4.35. The minimum absolute atomic E-state index is 0.139. The molecule has 3 nitrogen and oxygen atoms in total. The number of likely N-dealkylation sites (tertiary alicyclic amines) is 1. The summed E-state index contributed by atoms with van der Waals surface area (Å²) in [7, 11) is 0. The molecular weight excluding hydrogens is 200 g/mol. The highest BCUT2D eigenvalue weighted by Crippen LogP contribution is 2.14. The first-order valence-electron chi connectivity index (χ1n) is 5.87. The van der Waals surface area contributed by atoms with Gasteiger partial charge in [-0.1, -0.05) is 18.6 Å². The molecule has 1 aromatic carbocycles. The number of nitrogen functional groups attached to an aromatic ring is 1. The van der Waals surface area contributed by atoms with Crippen LogP contribution < -0.4 is 5.73 Å².